The predicted molar refractivity (Wildman–Crippen MR) is 68.4 cm³/mol. The summed E-state index contributed by atoms with van der Waals surface area (Å²) in [6.07, 6.45) is -5.38. The fourth-order valence-electron chi connectivity index (χ4n) is 1.30. The van der Waals surface area contributed by atoms with Gasteiger partial charge in [-0.1, -0.05) is 0 Å². The molecule has 1 heterocycles. The minimum atomic E-state index is -4.23. The molecule has 0 fully saturated rings. The van der Waals surface area contributed by atoms with E-state index in [4.69, 9.17) is 15.7 Å². The van der Waals surface area contributed by atoms with Gasteiger partial charge in [0, 0.05) is 6.54 Å². The number of nitrogens with two attached hydrogens (primary N) is 1. The summed E-state index contributed by atoms with van der Waals surface area (Å²) in [6.45, 7) is 3.24. The first kappa shape index (κ1) is 15.4. The minimum absolute atomic E-state index is 0.163. The van der Waals surface area contributed by atoms with Gasteiger partial charge in [-0.15, -0.1) is 11.3 Å². The van der Waals surface area contributed by atoms with Crippen LogP contribution in [0.5, 0.6) is 5.75 Å². The van der Waals surface area contributed by atoms with Crippen molar-refractivity contribution in [2.24, 2.45) is 0 Å². The number of ether oxygens (including phenoxy) is 1. The highest BCUT2D eigenvalue weighted by atomic mass is 32.1. The van der Waals surface area contributed by atoms with Gasteiger partial charge in [-0.2, -0.15) is 18.4 Å². The van der Waals surface area contributed by atoms with Gasteiger partial charge < -0.3 is 15.8 Å². The number of nitrogens with one attached hydrogen (secondary N) is 1. The lowest BCUT2D eigenvalue weighted by Gasteiger charge is -2.13. The summed E-state index contributed by atoms with van der Waals surface area (Å²) in [4.78, 5) is 0.227. The average Bonchev–Trinajstić information content (AvgIpc) is 2.55. The van der Waals surface area contributed by atoms with Crippen LogP contribution in [-0.2, 0) is 0 Å². The number of hydrogen-bond acceptors (Lipinski definition) is 5. The zero-order chi connectivity index (χ0) is 14.6. The molecule has 1 aromatic heterocycles. The average molecular weight is 293 g/mol. The van der Waals surface area contributed by atoms with Gasteiger partial charge in [0.15, 0.2) is 5.75 Å². The van der Waals surface area contributed by atoms with Crippen LogP contribution in [0.2, 0.25) is 0 Å². The summed E-state index contributed by atoms with van der Waals surface area (Å²) in [7, 11) is 0. The number of alkyl halides is 3. The molecule has 0 aromatic carbocycles. The highest BCUT2D eigenvalue weighted by Crippen LogP contribution is 2.42. The second-order valence-corrected chi connectivity index (χ2v) is 5.09. The highest BCUT2D eigenvalue weighted by Gasteiger charge is 2.27. The first-order chi connectivity index (χ1) is 8.74. The maximum Gasteiger partial charge on any atom is 0.390 e. The molecule has 106 valence electrons. The fourth-order valence-corrected chi connectivity index (χ4v) is 2.18. The topological polar surface area (TPSA) is 71.1 Å². The Morgan fingerprint density at radius 2 is 2.11 bits per heavy atom. The van der Waals surface area contributed by atoms with Crippen molar-refractivity contribution < 1.29 is 17.9 Å². The molecule has 1 aromatic rings. The second kappa shape index (κ2) is 6.02. The van der Waals surface area contributed by atoms with Crippen LogP contribution >= 0.6 is 11.3 Å². The van der Waals surface area contributed by atoms with E-state index < -0.39 is 12.6 Å². The highest BCUT2D eigenvalue weighted by molar-refractivity contribution is 7.17. The number of rotatable bonds is 5. The molecular weight excluding hydrogens is 279 g/mol. The van der Waals surface area contributed by atoms with E-state index in [0.29, 0.717) is 5.00 Å². The van der Waals surface area contributed by atoms with Crippen molar-refractivity contribution >= 4 is 22.0 Å². The molecule has 0 aliphatic rings. The molecule has 0 aliphatic carbocycles. The molecule has 3 N–H and O–H groups in total. The van der Waals surface area contributed by atoms with E-state index >= 15 is 0 Å². The van der Waals surface area contributed by atoms with E-state index in [2.05, 4.69) is 5.32 Å². The number of thiophene rings is 1. The van der Waals surface area contributed by atoms with Crippen molar-refractivity contribution in [3.8, 4) is 11.8 Å². The molecule has 0 spiro atoms. The molecule has 0 saturated carbocycles. The molecule has 1 rings (SSSR count). The Balaban J connectivity index is 2.84. The largest absolute Gasteiger partial charge is 0.486 e. The quantitative estimate of drug-likeness (QED) is 0.873. The summed E-state index contributed by atoms with van der Waals surface area (Å²) >= 11 is 0.989. The van der Waals surface area contributed by atoms with E-state index in [-0.39, 0.29) is 29.0 Å². The Hall–Kier alpha value is -1.62. The Bertz CT molecular complexity index is 477. The molecule has 0 radical (unpaired) electrons. The van der Waals surface area contributed by atoms with Crippen LogP contribution in [-0.4, -0.2) is 18.8 Å². The Morgan fingerprint density at radius 1 is 1.47 bits per heavy atom. The smallest absolute Gasteiger partial charge is 0.390 e. The molecule has 4 nitrogen and oxygen atoms in total. The first-order valence-electron chi connectivity index (χ1n) is 5.54. The third kappa shape index (κ3) is 4.52. The van der Waals surface area contributed by atoms with E-state index in [1.165, 1.54) is 0 Å². The molecular formula is C11H14F3N3OS. The lowest BCUT2D eigenvalue weighted by Crippen LogP contribution is -2.15. The van der Waals surface area contributed by atoms with Crippen LogP contribution in [0.25, 0.3) is 0 Å². The molecule has 0 amide bonds. The van der Waals surface area contributed by atoms with Crippen LogP contribution in [0, 0.1) is 11.3 Å². The maximum atomic E-state index is 12.1. The van der Waals surface area contributed by atoms with Crippen LogP contribution in [0.4, 0.5) is 23.9 Å². The Kier molecular flexibility index (Phi) is 4.89. The van der Waals surface area contributed by atoms with Gasteiger partial charge in [-0.3, -0.25) is 0 Å². The summed E-state index contributed by atoms with van der Waals surface area (Å²) in [5.41, 5.74) is 5.88. The summed E-state index contributed by atoms with van der Waals surface area (Å²) in [5, 5.41) is 11.8. The summed E-state index contributed by atoms with van der Waals surface area (Å²) in [6, 6.07) is 1.89. The molecule has 0 bridgehead atoms. The number of nitrogens with zero attached hydrogens (tertiary/aromatic N) is 1. The number of halogens is 3. The standard InChI is InChI=1S/C11H14F3N3OS/c1-6(2)18-9-8(16)7(5-15)19-10(9)17-4-3-11(12,13)14/h6,17H,3-4,16H2,1-2H3. The molecule has 19 heavy (non-hydrogen) atoms. The van der Waals surface area contributed by atoms with E-state index in [1.54, 1.807) is 13.8 Å². The normalized spacial score (nSPS) is 11.4. The van der Waals surface area contributed by atoms with Crippen LogP contribution in [0.1, 0.15) is 25.1 Å². The van der Waals surface area contributed by atoms with Gasteiger partial charge in [-0.25, -0.2) is 0 Å². The maximum absolute atomic E-state index is 12.1. The van der Waals surface area contributed by atoms with Crippen molar-refractivity contribution in [2.75, 3.05) is 17.6 Å². The van der Waals surface area contributed by atoms with Gasteiger partial charge in [0.2, 0.25) is 0 Å². The SMILES string of the molecule is CC(C)Oc1c(NCCC(F)(F)F)sc(C#N)c1N. The van der Waals surface area contributed by atoms with Crippen molar-refractivity contribution in [1.82, 2.24) is 0 Å². The van der Waals surface area contributed by atoms with Crippen molar-refractivity contribution in [3.63, 3.8) is 0 Å². The van der Waals surface area contributed by atoms with Crippen LogP contribution in [0.3, 0.4) is 0 Å². The molecule has 0 aliphatic heterocycles. The van der Waals surface area contributed by atoms with Crippen LogP contribution in [0.15, 0.2) is 0 Å². The second-order valence-electron chi connectivity index (χ2n) is 4.07. The van der Waals surface area contributed by atoms with Gasteiger partial charge in [0.1, 0.15) is 21.6 Å². The van der Waals surface area contributed by atoms with Crippen molar-refractivity contribution in [2.45, 2.75) is 32.5 Å². The Morgan fingerprint density at radius 3 is 2.58 bits per heavy atom. The molecule has 0 atom stereocenters. The van der Waals surface area contributed by atoms with Crippen molar-refractivity contribution in [1.29, 1.82) is 5.26 Å². The predicted octanol–water partition coefficient (Wildman–Crippen LogP) is 3.35. The number of nitriles is 1. The number of nitrogen functional groups attached to an aromatic ring is 1. The zero-order valence-corrected chi connectivity index (χ0v) is 11.3. The zero-order valence-electron chi connectivity index (χ0n) is 10.5. The third-order valence-corrected chi connectivity index (χ3v) is 3.10. The lowest BCUT2D eigenvalue weighted by atomic mass is 10.3. The molecule has 0 unspecified atom stereocenters. The first-order valence-corrected chi connectivity index (χ1v) is 6.36. The lowest BCUT2D eigenvalue weighted by molar-refractivity contribution is -0.131. The molecule has 8 heteroatoms. The van der Waals surface area contributed by atoms with E-state index in [9.17, 15) is 13.2 Å². The monoisotopic (exact) mass is 293 g/mol. The Labute approximate surface area is 113 Å². The van der Waals surface area contributed by atoms with E-state index in [1.807, 2.05) is 6.07 Å². The van der Waals surface area contributed by atoms with Gasteiger partial charge in [0.25, 0.3) is 0 Å². The van der Waals surface area contributed by atoms with Gasteiger partial charge >= 0.3 is 6.18 Å². The number of hydrogen-bond donors (Lipinski definition) is 2. The van der Waals surface area contributed by atoms with Crippen molar-refractivity contribution in [3.05, 3.63) is 4.88 Å². The molecule has 0 saturated heterocycles. The van der Waals surface area contributed by atoms with Crippen LogP contribution < -0.4 is 15.8 Å². The number of anilines is 2. The summed E-state index contributed by atoms with van der Waals surface area (Å²) in [5.74, 6) is 0.249. The fraction of sp³-hybridized carbons (Fsp3) is 0.545. The van der Waals surface area contributed by atoms with E-state index in [0.717, 1.165) is 11.3 Å². The summed E-state index contributed by atoms with van der Waals surface area (Å²) < 4.78 is 41.7. The minimum Gasteiger partial charge on any atom is -0.486 e. The van der Waals surface area contributed by atoms with Gasteiger partial charge in [-0.05, 0) is 13.8 Å². The van der Waals surface area contributed by atoms with Gasteiger partial charge in [0.05, 0.1) is 12.5 Å². The third-order valence-electron chi connectivity index (χ3n) is 2.05.